The monoisotopic (exact) mass is 384 g/mol. The van der Waals surface area contributed by atoms with Crippen LogP contribution in [0, 0.1) is 11.3 Å². The summed E-state index contributed by atoms with van der Waals surface area (Å²) in [5.74, 6) is 0.495. The van der Waals surface area contributed by atoms with Crippen molar-refractivity contribution >= 4 is 12.0 Å². The summed E-state index contributed by atoms with van der Waals surface area (Å²) in [7, 11) is 0. The van der Waals surface area contributed by atoms with Gasteiger partial charge in [-0.25, -0.2) is 0 Å². The fourth-order valence-corrected chi connectivity index (χ4v) is 3.99. The molecule has 1 aliphatic carbocycles. The zero-order chi connectivity index (χ0) is 20.1. The predicted octanol–water partition coefficient (Wildman–Crippen LogP) is 5.10. The van der Waals surface area contributed by atoms with Gasteiger partial charge < -0.3 is 10.1 Å². The van der Waals surface area contributed by atoms with Crippen molar-refractivity contribution in [1.82, 2.24) is 5.32 Å². The molecule has 4 rings (SSSR count). The van der Waals surface area contributed by atoms with E-state index in [9.17, 15) is 10.1 Å². The molecule has 4 nitrogen and oxygen atoms in total. The molecule has 1 N–H and O–H groups in total. The molecule has 1 saturated carbocycles. The maximum atomic E-state index is 12.7. The van der Waals surface area contributed by atoms with E-state index in [1.54, 1.807) is 6.08 Å². The van der Waals surface area contributed by atoms with E-state index in [-0.39, 0.29) is 23.6 Å². The fourth-order valence-electron chi connectivity index (χ4n) is 3.99. The minimum absolute atomic E-state index is 0.116. The van der Waals surface area contributed by atoms with Crippen molar-refractivity contribution in [2.24, 2.45) is 0 Å². The summed E-state index contributed by atoms with van der Waals surface area (Å²) in [6, 6.07) is 19.9. The minimum Gasteiger partial charge on any atom is -0.480 e. The zero-order valence-electron chi connectivity index (χ0n) is 16.3. The van der Waals surface area contributed by atoms with Crippen LogP contribution in [0.2, 0.25) is 0 Å². The third-order valence-electron chi connectivity index (χ3n) is 5.51. The van der Waals surface area contributed by atoms with Gasteiger partial charge in [0.25, 0.3) is 5.91 Å². The molecular weight excluding hydrogens is 360 g/mol. The molecule has 0 saturated heterocycles. The van der Waals surface area contributed by atoms with Crippen molar-refractivity contribution in [1.29, 1.82) is 5.26 Å². The second kappa shape index (κ2) is 8.79. The number of nitrogens with one attached hydrogen (secondary N) is 1. The number of carbonyl (C=O) groups is 1. The van der Waals surface area contributed by atoms with Crippen molar-refractivity contribution in [3.05, 3.63) is 82.9 Å². The Morgan fingerprint density at radius 1 is 1.03 bits per heavy atom. The van der Waals surface area contributed by atoms with E-state index in [0.29, 0.717) is 0 Å². The summed E-state index contributed by atoms with van der Waals surface area (Å²) in [6.45, 7) is 0. The SMILES string of the molecule is N#C/C(=C\C1=Cc2ccccc2OC1c1ccccc1)C(=O)NC1CCCCC1. The summed E-state index contributed by atoms with van der Waals surface area (Å²) >= 11 is 0. The Morgan fingerprint density at radius 3 is 2.52 bits per heavy atom. The first kappa shape index (κ1) is 19.0. The number of fused-ring (bicyclic) bond motifs is 1. The Balaban J connectivity index is 1.65. The van der Waals surface area contributed by atoms with Gasteiger partial charge in [0.2, 0.25) is 0 Å². The van der Waals surface area contributed by atoms with E-state index in [2.05, 4.69) is 11.4 Å². The maximum Gasteiger partial charge on any atom is 0.262 e. The molecule has 1 aliphatic heterocycles. The van der Waals surface area contributed by atoms with Crippen molar-refractivity contribution in [2.45, 2.75) is 44.2 Å². The number of benzene rings is 2. The van der Waals surface area contributed by atoms with Gasteiger partial charge in [0.15, 0.2) is 0 Å². The highest BCUT2D eigenvalue weighted by Crippen LogP contribution is 2.38. The molecular formula is C25H24N2O2. The molecule has 0 bridgehead atoms. The number of hydrogen-bond acceptors (Lipinski definition) is 3. The van der Waals surface area contributed by atoms with Gasteiger partial charge in [0.05, 0.1) is 0 Å². The summed E-state index contributed by atoms with van der Waals surface area (Å²) in [6.07, 6.45) is 8.75. The summed E-state index contributed by atoms with van der Waals surface area (Å²) < 4.78 is 6.25. The number of amides is 1. The molecule has 0 radical (unpaired) electrons. The zero-order valence-corrected chi connectivity index (χ0v) is 16.3. The van der Waals surface area contributed by atoms with Crippen LogP contribution >= 0.6 is 0 Å². The number of carbonyl (C=O) groups excluding carboxylic acids is 1. The van der Waals surface area contributed by atoms with E-state index in [0.717, 1.165) is 48.1 Å². The van der Waals surface area contributed by atoms with Gasteiger partial charge in [0.1, 0.15) is 23.5 Å². The standard InChI is InChI=1S/C25H24N2O2/c26-17-21(25(28)27-22-12-5-2-6-13-22)16-20-15-19-11-7-8-14-23(19)29-24(20)18-9-3-1-4-10-18/h1,3-4,7-11,14-16,22,24H,2,5-6,12-13H2,(H,27,28)/b21-16+. The van der Waals surface area contributed by atoms with E-state index in [1.807, 2.05) is 60.7 Å². The van der Waals surface area contributed by atoms with E-state index < -0.39 is 0 Å². The summed E-state index contributed by atoms with van der Waals surface area (Å²) in [5, 5.41) is 12.7. The predicted molar refractivity (Wildman–Crippen MR) is 113 cm³/mol. The Kier molecular flexibility index (Phi) is 5.76. The Labute approximate surface area is 171 Å². The topological polar surface area (TPSA) is 62.1 Å². The molecule has 2 aromatic carbocycles. The van der Waals surface area contributed by atoms with Crippen LogP contribution in [0.5, 0.6) is 5.75 Å². The fraction of sp³-hybridized carbons (Fsp3) is 0.280. The summed E-state index contributed by atoms with van der Waals surface area (Å²) in [5.41, 5.74) is 2.83. The van der Waals surface area contributed by atoms with Crippen LogP contribution in [-0.4, -0.2) is 11.9 Å². The Morgan fingerprint density at radius 2 is 1.76 bits per heavy atom. The number of hydrogen-bond donors (Lipinski definition) is 1. The van der Waals surface area contributed by atoms with Gasteiger partial charge in [-0.3, -0.25) is 4.79 Å². The van der Waals surface area contributed by atoms with Gasteiger partial charge in [-0.15, -0.1) is 0 Å². The average molecular weight is 384 g/mol. The third-order valence-corrected chi connectivity index (χ3v) is 5.51. The number of rotatable bonds is 4. The Hall–Kier alpha value is -3.32. The molecule has 0 spiro atoms. The van der Waals surface area contributed by atoms with Gasteiger partial charge >= 0.3 is 0 Å². The van der Waals surface area contributed by atoms with Crippen molar-refractivity contribution in [3.8, 4) is 11.8 Å². The van der Waals surface area contributed by atoms with E-state index in [4.69, 9.17) is 4.74 Å². The second-order valence-electron chi connectivity index (χ2n) is 7.57. The van der Waals surface area contributed by atoms with Crippen LogP contribution in [-0.2, 0) is 4.79 Å². The van der Waals surface area contributed by atoms with Crippen LogP contribution < -0.4 is 10.1 Å². The maximum absolute atomic E-state index is 12.7. The number of ether oxygens (including phenoxy) is 1. The lowest BCUT2D eigenvalue weighted by Gasteiger charge is -2.27. The average Bonchev–Trinajstić information content (AvgIpc) is 2.78. The Bertz CT molecular complexity index is 979. The molecule has 1 atom stereocenters. The first-order chi connectivity index (χ1) is 14.2. The van der Waals surface area contributed by atoms with Crippen LogP contribution in [0.25, 0.3) is 6.08 Å². The van der Waals surface area contributed by atoms with Gasteiger partial charge in [-0.05, 0) is 42.2 Å². The molecule has 1 unspecified atom stereocenters. The highest BCUT2D eigenvalue weighted by molar-refractivity contribution is 5.98. The largest absolute Gasteiger partial charge is 0.480 e. The lowest BCUT2D eigenvalue weighted by atomic mass is 9.93. The smallest absolute Gasteiger partial charge is 0.262 e. The molecule has 146 valence electrons. The lowest BCUT2D eigenvalue weighted by Crippen LogP contribution is -2.36. The first-order valence-corrected chi connectivity index (χ1v) is 10.2. The highest BCUT2D eigenvalue weighted by atomic mass is 16.5. The lowest BCUT2D eigenvalue weighted by molar-refractivity contribution is -0.118. The summed E-state index contributed by atoms with van der Waals surface area (Å²) in [4.78, 5) is 12.7. The number of para-hydroxylation sites is 1. The van der Waals surface area contributed by atoms with E-state index >= 15 is 0 Å². The first-order valence-electron chi connectivity index (χ1n) is 10.2. The molecule has 4 heteroatoms. The molecule has 0 aromatic heterocycles. The molecule has 2 aliphatic rings. The molecule has 2 aromatic rings. The van der Waals surface area contributed by atoms with Gasteiger partial charge in [-0.1, -0.05) is 67.8 Å². The molecule has 1 heterocycles. The van der Waals surface area contributed by atoms with Gasteiger partial charge in [0, 0.05) is 11.6 Å². The second-order valence-corrected chi connectivity index (χ2v) is 7.57. The quantitative estimate of drug-likeness (QED) is 0.589. The van der Waals surface area contributed by atoms with Crippen LogP contribution in [0.15, 0.2) is 71.8 Å². The molecule has 1 amide bonds. The number of nitrogens with zero attached hydrogens (tertiary/aromatic N) is 1. The highest BCUT2D eigenvalue weighted by Gasteiger charge is 2.25. The van der Waals surface area contributed by atoms with Crippen molar-refractivity contribution in [3.63, 3.8) is 0 Å². The van der Waals surface area contributed by atoms with Gasteiger partial charge in [-0.2, -0.15) is 5.26 Å². The van der Waals surface area contributed by atoms with Crippen LogP contribution in [0.3, 0.4) is 0 Å². The van der Waals surface area contributed by atoms with Crippen LogP contribution in [0.4, 0.5) is 0 Å². The number of nitriles is 1. The molecule has 1 fully saturated rings. The normalized spacial score (nSPS) is 19.3. The van der Waals surface area contributed by atoms with Crippen LogP contribution in [0.1, 0.15) is 49.3 Å². The third kappa shape index (κ3) is 4.41. The molecule has 29 heavy (non-hydrogen) atoms. The van der Waals surface area contributed by atoms with Crippen molar-refractivity contribution in [2.75, 3.05) is 0 Å². The van der Waals surface area contributed by atoms with E-state index in [1.165, 1.54) is 6.42 Å². The minimum atomic E-state index is -0.364. The van der Waals surface area contributed by atoms with Crippen molar-refractivity contribution < 1.29 is 9.53 Å².